The average molecular weight is 251 g/mol. The minimum atomic E-state index is 0.0207. The van der Waals surface area contributed by atoms with E-state index in [0.717, 1.165) is 23.5 Å². The van der Waals surface area contributed by atoms with E-state index in [1.165, 1.54) is 12.8 Å². The second-order valence-corrected chi connectivity index (χ2v) is 4.84. The van der Waals surface area contributed by atoms with Crippen molar-refractivity contribution in [3.05, 3.63) is 23.8 Å². The summed E-state index contributed by atoms with van der Waals surface area (Å²) in [4.78, 5) is 0. The SMILES string of the molecule is CCCC(C)CC(N)c1ccc(OC)cc1OC. The van der Waals surface area contributed by atoms with Crippen LogP contribution in [0.1, 0.15) is 44.7 Å². The van der Waals surface area contributed by atoms with Crippen LogP contribution in [-0.4, -0.2) is 14.2 Å². The van der Waals surface area contributed by atoms with E-state index in [1.807, 2.05) is 18.2 Å². The molecule has 102 valence electrons. The zero-order valence-electron chi connectivity index (χ0n) is 11.9. The topological polar surface area (TPSA) is 44.5 Å². The van der Waals surface area contributed by atoms with E-state index in [9.17, 15) is 0 Å². The van der Waals surface area contributed by atoms with E-state index in [2.05, 4.69) is 13.8 Å². The Balaban J connectivity index is 2.81. The zero-order chi connectivity index (χ0) is 13.5. The minimum absolute atomic E-state index is 0.0207. The molecule has 0 radical (unpaired) electrons. The third-order valence-corrected chi connectivity index (χ3v) is 3.28. The molecule has 1 aromatic rings. The summed E-state index contributed by atoms with van der Waals surface area (Å²) in [5.74, 6) is 2.24. The molecule has 1 rings (SSSR count). The molecule has 0 aromatic heterocycles. The number of rotatable bonds is 7. The molecule has 2 unspecified atom stereocenters. The molecule has 2 N–H and O–H groups in total. The fourth-order valence-corrected chi connectivity index (χ4v) is 2.30. The quantitative estimate of drug-likeness (QED) is 0.806. The van der Waals surface area contributed by atoms with Gasteiger partial charge >= 0.3 is 0 Å². The summed E-state index contributed by atoms with van der Waals surface area (Å²) in [6.45, 7) is 4.45. The van der Waals surface area contributed by atoms with E-state index in [0.29, 0.717) is 5.92 Å². The van der Waals surface area contributed by atoms with Gasteiger partial charge in [-0.2, -0.15) is 0 Å². The van der Waals surface area contributed by atoms with Crippen molar-refractivity contribution in [3.8, 4) is 11.5 Å². The molecule has 0 saturated carbocycles. The first-order chi connectivity index (χ1) is 8.62. The van der Waals surface area contributed by atoms with Gasteiger partial charge in [0.15, 0.2) is 0 Å². The maximum absolute atomic E-state index is 6.27. The van der Waals surface area contributed by atoms with Crippen LogP contribution in [0.4, 0.5) is 0 Å². The Kier molecular flexibility index (Phi) is 5.99. The van der Waals surface area contributed by atoms with Gasteiger partial charge in [-0.3, -0.25) is 0 Å². The lowest BCUT2D eigenvalue weighted by molar-refractivity contribution is 0.380. The van der Waals surface area contributed by atoms with Gasteiger partial charge in [-0.15, -0.1) is 0 Å². The zero-order valence-corrected chi connectivity index (χ0v) is 11.9. The molecule has 3 heteroatoms. The Morgan fingerprint density at radius 3 is 2.50 bits per heavy atom. The molecule has 0 aliphatic rings. The molecule has 0 saturated heterocycles. The molecule has 2 atom stereocenters. The third kappa shape index (κ3) is 3.91. The van der Waals surface area contributed by atoms with E-state index < -0.39 is 0 Å². The lowest BCUT2D eigenvalue weighted by atomic mass is 9.93. The smallest absolute Gasteiger partial charge is 0.127 e. The van der Waals surface area contributed by atoms with Gasteiger partial charge in [-0.25, -0.2) is 0 Å². The third-order valence-electron chi connectivity index (χ3n) is 3.28. The first kappa shape index (κ1) is 14.8. The van der Waals surface area contributed by atoms with Crippen LogP contribution in [0.25, 0.3) is 0 Å². The molecule has 0 aliphatic heterocycles. The predicted molar refractivity (Wildman–Crippen MR) is 75.2 cm³/mol. The molecular weight excluding hydrogens is 226 g/mol. The van der Waals surface area contributed by atoms with Gasteiger partial charge < -0.3 is 15.2 Å². The predicted octanol–water partition coefficient (Wildman–Crippen LogP) is 3.53. The largest absolute Gasteiger partial charge is 0.497 e. The Bertz CT molecular complexity index is 366. The van der Waals surface area contributed by atoms with Crippen LogP contribution in [-0.2, 0) is 0 Å². The van der Waals surface area contributed by atoms with Crippen molar-refractivity contribution in [2.45, 2.75) is 39.2 Å². The highest BCUT2D eigenvalue weighted by Crippen LogP contribution is 2.31. The normalized spacial score (nSPS) is 14.1. The molecule has 18 heavy (non-hydrogen) atoms. The fourth-order valence-electron chi connectivity index (χ4n) is 2.30. The number of ether oxygens (including phenoxy) is 2. The van der Waals surface area contributed by atoms with Crippen LogP contribution in [0.5, 0.6) is 11.5 Å². The van der Waals surface area contributed by atoms with Crippen LogP contribution >= 0.6 is 0 Å². The van der Waals surface area contributed by atoms with Crippen LogP contribution < -0.4 is 15.2 Å². The number of methoxy groups -OCH3 is 2. The molecule has 3 nitrogen and oxygen atoms in total. The molecule has 0 aliphatic carbocycles. The van der Waals surface area contributed by atoms with Gasteiger partial charge in [-0.1, -0.05) is 32.8 Å². The summed E-state index contributed by atoms with van der Waals surface area (Å²) < 4.78 is 10.6. The second kappa shape index (κ2) is 7.27. The van der Waals surface area contributed by atoms with Crippen LogP contribution in [0, 0.1) is 5.92 Å². The number of hydrogen-bond acceptors (Lipinski definition) is 3. The van der Waals surface area contributed by atoms with Crippen LogP contribution in [0.3, 0.4) is 0 Å². The Morgan fingerprint density at radius 1 is 1.22 bits per heavy atom. The van der Waals surface area contributed by atoms with Crippen molar-refractivity contribution >= 4 is 0 Å². The van der Waals surface area contributed by atoms with Crippen molar-refractivity contribution < 1.29 is 9.47 Å². The molecular formula is C15H25NO2. The molecule has 1 aromatic carbocycles. The van der Waals surface area contributed by atoms with Crippen LogP contribution in [0.2, 0.25) is 0 Å². The highest BCUT2D eigenvalue weighted by atomic mass is 16.5. The first-order valence-corrected chi connectivity index (χ1v) is 6.59. The van der Waals surface area contributed by atoms with E-state index in [1.54, 1.807) is 14.2 Å². The molecule has 0 heterocycles. The van der Waals surface area contributed by atoms with Gasteiger partial charge in [0.05, 0.1) is 14.2 Å². The van der Waals surface area contributed by atoms with Gasteiger partial charge in [-0.05, 0) is 18.4 Å². The Morgan fingerprint density at radius 2 is 1.94 bits per heavy atom. The highest BCUT2D eigenvalue weighted by Gasteiger charge is 2.15. The van der Waals surface area contributed by atoms with E-state index in [-0.39, 0.29) is 6.04 Å². The van der Waals surface area contributed by atoms with Crippen LogP contribution in [0.15, 0.2) is 18.2 Å². The minimum Gasteiger partial charge on any atom is -0.497 e. The monoisotopic (exact) mass is 251 g/mol. The maximum atomic E-state index is 6.27. The highest BCUT2D eigenvalue weighted by molar-refractivity contribution is 5.42. The maximum Gasteiger partial charge on any atom is 0.127 e. The summed E-state index contributed by atoms with van der Waals surface area (Å²) >= 11 is 0. The van der Waals surface area contributed by atoms with Crippen molar-refractivity contribution in [2.75, 3.05) is 14.2 Å². The number of benzene rings is 1. The van der Waals surface area contributed by atoms with Crippen molar-refractivity contribution in [1.29, 1.82) is 0 Å². The van der Waals surface area contributed by atoms with Gasteiger partial charge in [0.1, 0.15) is 11.5 Å². The summed E-state index contributed by atoms with van der Waals surface area (Å²) in [6, 6.07) is 5.84. The lowest BCUT2D eigenvalue weighted by Crippen LogP contribution is -2.15. The fraction of sp³-hybridized carbons (Fsp3) is 0.600. The first-order valence-electron chi connectivity index (χ1n) is 6.59. The van der Waals surface area contributed by atoms with E-state index >= 15 is 0 Å². The summed E-state index contributed by atoms with van der Waals surface area (Å²) in [5.41, 5.74) is 7.33. The summed E-state index contributed by atoms with van der Waals surface area (Å²) in [5, 5.41) is 0. The van der Waals surface area contributed by atoms with Gasteiger partial charge in [0.2, 0.25) is 0 Å². The van der Waals surface area contributed by atoms with Gasteiger partial charge in [0, 0.05) is 17.7 Å². The Labute approximate surface area is 110 Å². The second-order valence-electron chi connectivity index (χ2n) is 4.84. The summed E-state index contributed by atoms with van der Waals surface area (Å²) in [7, 11) is 3.32. The van der Waals surface area contributed by atoms with Gasteiger partial charge in [0.25, 0.3) is 0 Å². The van der Waals surface area contributed by atoms with Crippen molar-refractivity contribution in [3.63, 3.8) is 0 Å². The molecule has 0 bridgehead atoms. The summed E-state index contributed by atoms with van der Waals surface area (Å²) in [6.07, 6.45) is 3.40. The Hall–Kier alpha value is -1.22. The molecule has 0 fully saturated rings. The van der Waals surface area contributed by atoms with Crippen molar-refractivity contribution in [1.82, 2.24) is 0 Å². The number of hydrogen-bond donors (Lipinski definition) is 1. The average Bonchev–Trinajstić information content (AvgIpc) is 2.38. The lowest BCUT2D eigenvalue weighted by Gasteiger charge is -2.19. The van der Waals surface area contributed by atoms with Crippen molar-refractivity contribution in [2.24, 2.45) is 11.7 Å². The standard InChI is InChI=1S/C15H25NO2/c1-5-6-11(2)9-14(16)13-8-7-12(17-3)10-15(13)18-4/h7-8,10-11,14H,5-6,9,16H2,1-4H3. The number of nitrogens with two attached hydrogens (primary N) is 1. The van der Waals surface area contributed by atoms with E-state index in [4.69, 9.17) is 15.2 Å². The molecule has 0 spiro atoms. The molecule has 0 amide bonds.